The van der Waals surface area contributed by atoms with Gasteiger partial charge in [0.25, 0.3) is 6.43 Å². The van der Waals surface area contributed by atoms with Gasteiger partial charge in [-0.3, -0.25) is 4.68 Å². The number of rotatable bonds is 4. The molecule has 2 bridgehead atoms. The molecule has 4 atom stereocenters. The van der Waals surface area contributed by atoms with Gasteiger partial charge >= 0.3 is 6.03 Å². The second kappa shape index (κ2) is 6.09. The summed E-state index contributed by atoms with van der Waals surface area (Å²) in [5.74, 6) is 0.792. The highest BCUT2D eigenvalue weighted by molar-refractivity contribution is 5.90. The highest BCUT2D eigenvalue weighted by Crippen LogP contribution is 2.43. The Morgan fingerprint density at radius 2 is 1.96 bits per heavy atom. The number of alkyl halides is 2. The van der Waals surface area contributed by atoms with Gasteiger partial charge in [-0.2, -0.15) is 5.10 Å². The van der Waals surface area contributed by atoms with Gasteiger partial charge in [0.1, 0.15) is 5.69 Å². The molecular weight excluding hydrogens is 330 g/mol. The Balaban J connectivity index is 1.46. The molecule has 0 radical (unpaired) electrons. The Kier molecular flexibility index (Phi) is 4.02. The van der Waals surface area contributed by atoms with Gasteiger partial charge in [0.05, 0.1) is 24.1 Å². The molecule has 2 amide bonds. The van der Waals surface area contributed by atoms with Gasteiger partial charge in [-0.05, 0) is 5.92 Å². The van der Waals surface area contributed by atoms with E-state index in [1.54, 1.807) is 4.90 Å². The SMILES string of the molecule is CC(C)Cn1ncc(NC(=O)N2CC3C4C=CC(O4)C3C2)c1C(F)F. The Hall–Kier alpha value is -1.96. The van der Waals surface area contributed by atoms with E-state index in [1.165, 1.54) is 10.9 Å². The first-order valence-electron chi connectivity index (χ1n) is 8.67. The zero-order valence-electron chi connectivity index (χ0n) is 14.2. The average Bonchev–Trinajstić information content (AvgIpc) is 3.27. The highest BCUT2D eigenvalue weighted by atomic mass is 19.3. The fourth-order valence-corrected chi connectivity index (χ4v) is 4.10. The average molecular weight is 352 g/mol. The molecule has 1 N–H and O–H groups in total. The van der Waals surface area contributed by atoms with Crippen molar-refractivity contribution in [2.45, 2.75) is 39.0 Å². The molecule has 1 aromatic rings. The Morgan fingerprint density at radius 1 is 1.32 bits per heavy atom. The number of carbonyl (C=O) groups is 1. The normalized spacial score (nSPS) is 29.9. The van der Waals surface area contributed by atoms with Gasteiger partial charge in [0.15, 0.2) is 0 Å². The third kappa shape index (κ3) is 2.82. The number of nitrogens with one attached hydrogen (secondary N) is 1. The molecule has 4 heterocycles. The fourth-order valence-electron chi connectivity index (χ4n) is 4.10. The molecular formula is C17H22F2N4O2. The van der Waals surface area contributed by atoms with Gasteiger partial charge in [0, 0.05) is 31.5 Å². The number of likely N-dealkylation sites (tertiary alicyclic amines) is 1. The lowest BCUT2D eigenvalue weighted by Gasteiger charge is -2.19. The monoisotopic (exact) mass is 352 g/mol. The number of halogens is 2. The van der Waals surface area contributed by atoms with Gasteiger partial charge < -0.3 is 15.0 Å². The van der Waals surface area contributed by atoms with Crippen molar-refractivity contribution in [1.82, 2.24) is 14.7 Å². The third-order valence-corrected chi connectivity index (χ3v) is 5.21. The molecule has 1 aromatic heterocycles. The van der Waals surface area contributed by atoms with E-state index in [1.807, 2.05) is 13.8 Å². The molecule has 8 heteroatoms. The predicted molar refractivity (Wildman–Crippen MR) is 87.4 cm³/mol. The van der Waals surface area contributed by atoms with E-state index in [9.17, 15) is 13.6 Å². The van der Waals surface area contributed by atoms with Crippen molar-refractivity contribution in [2.75, 3.05) is 18.4 Å². The number of amides is 2. The van der Waals surface area contributed by atoms with Crippen molar-refractivity contribution in [3.63, 3.8) is 0 Å². The van der Waals surface area contributed by atoms with Crippen LogP contribution in [-0.4, -0.2) is 46.0 Å². The van der Waals surface area contributed by atoms with Gasteiger partial charge in [0.2, 0.25) is 0 Å². The zero-order chi connectivity index (χ0) is 17.7. The summed E-state index contributed by atoms with van der Waals surface area (Å²) in [6.07, 6.45) is 2.89. The maximum Gasteiger partial charge on any atom is 0.321 e. The van der Waals surface area contributed by atoms with E-state index in [4.69, 9.17) is 4.74 Å². The minimum Gasteiger partial charge on any atom is -0.366 e. The number of anilines is 1. The van der Waals surface area contributed by atoms with Crippen LogP contribution in [0.2, 0.25) is 0 Å². The van der Waals surface area contributed by atoms with Crippen LogP contribution in [0.5, 0.6) is 0 Å². The van der Waals surface area contributed by atoms with Crippen LogP contribution in [0.15, 0.2) is 18.3 Å². The summed E-state index contributed by atoms with van der Waals surface area (Å²) in [7, 11) is 0. The molecule has 3 aliphatic heterocycles. The quantitative estimate of drug-likeness (QED) is 0.848. The van der Waals surface area contributed by atoms with Gasteiger partial charge in [-0.15, -0.1) is 0 Å². The Bertz CT molecular complexity index is 683. The molecule has 136 valence electrons. The van der Waals surface area contributed by atoms with Crippen molar-refractivity contribution < 1.29 is 18.3 Å². The predicted octanol–water partition coefficient (Wildman–Crippen LogP) is 2.89. The fraction of sp³-hybridized carbons (Fsp3) is 0.647. The molecule has 0 saturated carbocycles. The Labute approximate surface area is 144 Å². The van der Waals surface area contributed by atoms with Crippen LogP contribution in [0.3, 0.4) is 0 Å². The molecule has 2 saturated heterocycles. The lowest BCUT2D eigenvalue weighted by Crippen LogP contribution is -2.35. The number of aromatic nitrogens is 2. The van der Waals surface area contributed by atoms with Crippen molar-refractivity contribution in [2.24, 2.45) is 17.8 Å². The highest BCUT2D eigenvalue weighted by Gasteiger charge is 2.51. The summed E-state index contributed by atoms with van der Waals surface area (Å²) in [6.45, 7) is 5.43. The first-order valence-corrected chi connectivity index (χ1v) is 8.67. The number of hydrogen-bond donors (Lipinski definition) is 1. The molecule has 4 rings (SSSR count). The lowest BCUT2D eigenvalue weighted by atomic mass is 9.86. The summed E-state index contributed by atoms with van der Waals surface area (Å²) in [4.78, 5) is 14.3. The van der Waals surface area contributed by atoms with E-state index in [-0.39, 0.29) is 35.5 Å². The molecule has 0 aliphatic carbocycles. The van der Waals surface area contributed by atoms with E-state index >= 15 is 0 Å². The number of nitrogens with zero attached hydrogens (tertiary/aromatic N) is 3. The number of fused-ring (bicyclic) bond motifs is 5. The van der Waals surface area contributed by atoms with E-state index in [2.05, 4.69) is 22.6 Å². The topological polar surface area (TPSA) is 59.4 Å². The summed E-state index contributed by atoms with van der Waals surface area (Å²) < 4.78 is 34.0. The lowest BCUT2D eigenvalue weighted by molar-refractivity contribution is 0.0892. The smallest absolute Gasteiger partial charge is 0.321 e. The van der Waals surface area contributed by atoms with Crippen LogP contribution in [-0.2, 0) is 11.3 Å². The second-order valence-corrected chi connectivity index (χ2v) is 7.43. The van der Waals surface area contributed by atoms with E-state index in [0.717, 1.165) is 0 Å². The zero-order valence-corrected chi connectivity index (χ0v) is 14.2. The number of ether oxygens (including phenoxy) is 1. The van der Waals surface area contributed by atoms with Gasteiger partial charge in [-0.1, -0.05) is 26.0 Å². The molecule has 3 aliphatic rings. The van der Waals surface area contributed by atoms with Crippen LogP contribution in [0, 0.1) is 17.8 Å². The minimum absolute atomic E-state index is 0.0817. The number of hydrogen-bond acceptors (Lipinski definition) is 3. The van der Waals surface area contributed by atoms with Crippen LogP contribution in [0.25, 0.3) is 0 Å². The molecule has 6 nitrogen and oxygen atoms in total. The van der Waals surface area contributed by atoms with Crippen LogP contribution in [0.1, 0.15) is 26.0 Å². The largest absolute Gasteiger partial charge is 0.366 e. The molecule has 25 heavy (non-hydrogen) atoms. The van der Waals surface area contributed by atoms with Crippen molar-refractivity contribution in [3.05, 3.63) is 24.0 Å². The first kappa shape index (κ1) is 16.5. The Morgan fingerprint density at radius 3 is 2.52 bits per heavy atom. The van der Waals surface area contributed by atoms with Gasteiger partial charge in [-0.25, -0.2) is 13.6 Å². The maximum absolute atomic E-state index is 13.4. The summed E-state index contributed by atoms with van der Waals surface area (Å²) in [6, 6.07) is -0.347. The summed E-state index contributed by atoms with van der Waals surface area (Å²) in [5, 5.41) is 6.65. The number of carbonyl (C=O) groups excluding carboxylic acids is 1. The maximum atomic E-state index is 13.4. The molecule has 4 unspecified atom stereocenters. The van der Waals surface area contributed by atoms with Crippen molar-refractivity contribution in [1.29, 1.82) is 0 Å². The first-order chi connectivity index (χ1) is 11.9. The van der Waals surface area contributed by atoms with Crippen molar-refractivity contribution >= 4 is 11.7 Å². The third-order valence-electron chi connectivity index (χ3n) is 5.21. The van der Waals surface area contributed by atoms with E-state index < -0.39 is 6.43 Å². The van der Waals surface area contributed by atoms with Crippen LogP contribution < -0.4 is 5.32 Å². The summed E-state index contributed by atoms with van der Waals surface area (Å²) in [5.41, 5.74) is -0.137. The standard InChI is InChI=1S/C17H22F2N4O2/c1-9(2)6-23-15(16(18)19)12(5-20-23)21-17(24)22-7-10-11(8-22)14-4-3-13(10)25-14/h3-5,9-11,13-14,16H,6-8H2,1-2H3,(H,21,24). The second-order valence-electron chi connectivity index (χ2n) is 7.43. The molecule has 2 fully saturated rings. The van der Waals surface area contributed by atoms with Crippen LogP contribution >= 0.6 is 0 Å². The van der Waals surface area contributed by atoms with Crippen molar-refractivity contribution in [3.8, 4) is 0 Å². The molecule has 0 spiro atoms. The molecule has 0 aromatic carbocycles. The number of urea groups is 1. The summed E-state index contributed by atoms with van der Waals surface area (Å²) >= 11 is 0. The minimum atomic E-state index is -2.69. The van der Waals surface area contributed by atoms with E-state index in [0.29, 0.717) is 31.5 Å². The van der Waals surface area contributed by atoms with Crippen LogP contribution in [0.4, 0.5) is 19.3 Å².